The molecule has 1 aromatic rings. The summed E-state index contributed by atoms with van der Waals surface area (Å²) in [6.07, 6.45) is 4.83. The molecule has 1 amide bonds. The maximum Gasteiger partial charge on any atom is 0.246 e. The van der Waals surface area contributed by atoms with Crippen molar-refractivity contribution >= 4 is 33.2 Å². The molecule has 2 N–H and O–H groups in total. The number of carbonyl (C=O) groups excluding carboxylic acids is 1. The first-order valence-electron chi connectivity index (χ1n) is 7.31. The van der Waals surface area contributed by atoms with Crippen LogP contribution in [0.1, 0.15) is 25.7 Å². The highest BCUT2D eigenvalue weighted by atomic mass is 79.9. The zero-order valence-corrected chi connectivity index (χ0v) is 13.1. The van der Waals surface area contributed by atoms with Crippen LogP contribution in [0.2, 0.25) is 0 Å². The largest absolute Gasteiger partial charge is 0.374 e. The van der Waals surface area contributed by atoms with Crippen LogP contribution in [0.4, 0.5) is 11.4 Å². The molecule has 1 unspecified atom stereocenters. The summed E-state index contributed by atoms with van der Waals surface area (Å²) in [5.74, 6) is 0.159. The first-order chi connectivity index (χ1) is 9.74. The Balaban J connectivity index is 1.71. The molecule has 4 nitrogen and oxygen atoms in total. The highest BCUT2D eigenvalue weighted by Crippen LogP contribution is 2.32. The van der Waals surface area contributed by atoms with Crippen LogP contribution in [0.25, 0.3) is 0 Å². The van der Waals surface area contributed by atoms with Crippen LogP contribution < -0.4 is 15.5 Å². The smallest absolute Gasteiger partial charge is 0.246 e. The fourth-order valence-corrected chi connectivity index (χ4v) is 3.33. The van der Waals surface area contributed by atoms with E-state index in [0.717, 1.165) is 35.4 Å². The van der Waals surface area contributed by atoms with Crippen molar-refractivity contribution < 1.29 is 4.79 Å². The molecule has 1 saturated heterocycles. The quantitative estimate of drug-likeness (QED) is 0.891. The summed E-state index contributed by atoms with van der Waals surface area (Å²) < 4.78 is 1.01. The molecule has 1 aromatic carbocycles. The van der Waals surface area contributed by atoms with E-state index in [0.29, 0.717) is 12.6 Å². The average molecular weight is 338 g/mol. The van der Waals surface area contributed by atoms with Gasteiger partial charge in [0.1, 0.15) is 0 Å². The number of rotatable bonds is 3. The van der Waals surface area contributed by atoms with E-state index in [1.165, 1.54) is 19.3 Å². The molecule has 0 aromatic heterocycles. The van der Waals surface area contributed by atoms with Gasteiger partial charge in [-0.2, -0.15) is 0 Å². The molecular formula is C15H20BrN3O. The molecule has 20 heavy (non-hydrogen) atoms. The minimum Gasteiger partial charge on any atom is -0.374 e. The highest BCUT2D eigenvalue weighted by molar-refractivity contribution is 9.10. The van der Waals surface area contributed by atoms with Gasteiger partial charge >= 0.3 is 0 Å². The Hall–Kier alpha value is -1.07. The average Bonchev–Trinajstić information content (AvgIpc) is 2.47. The first kappa shape index (κ1) is 13.9. The molecule has 2 heterocycles. The van der Waals surface area contributed by atoms with Crippen molar-refractivity contribution in [1.29, 1.82) is 0 Å². The summed E-state index contributed by atoms with van der Waals surface area (Å²) in [6.45, 7) is 2.30. The molecular weight excluding hydrogens is 318 g/mol. The predicted molar refractivity (Wildman–Crippen MR) is 85.2 cm³/mol. The number of fused-ring (bicyclic) bond motifs is 1. The first-order valence-corrected chi connectivity index (χ1v) is 8.10. The fourth-order valence-electron chi connectivity index (χ4n) is 2.98. The Bertz CT molecular complexity index is 500. The lowest BCUT2D eigenvalue weighted by Gasteiger charge is -2.32. The number of nitrogens with one attached hydrogen (secondary N) is 2. The Morgan fingerprint density at radius 1 is 1.35 bits per heavy atom. The minimum atomic E-state index is 0.159. The van der Waals surface area contributed by atoms with Crippen LogP contribution in [0, 0.1) is 0 Å². The zero-order valence-electron chi connectivity index (χ0n) is 11.5. The van der Waals surface area contributed by atoms with Crippen LogP contribution in [0.5, 0.6) is 0 Å². The number of carbonyl (C=O) groups is 1. The zero-order chi connectivity index (χ0) is 13.9. The molecule has 108 valence electrons. The second-order valence-electron chi connectivity index (χ2n) is 5.50. The lowest BCUT2D eigenvalue weighted by molar-refractivity contribution is -0.117. The lowest BCUT2D eigenvalue weighted by atomic mass is 10.0. The van der Waals surface area contributed by atoms with Crippen molar-refractivity contribution in [3.05, 3.63) is 22.7 Å². The Morgan fingerprint density at radius 2 is 2.25 bits per heavy atom. The SMILES string of the molecule is O=C1CNc2ccc(Br)cc2N1CCC1CCCCN1. The van der Waals surface area contributed by atoms with Crippen LogP contribution in [0.3, 0.4) is 0 Å². The monoisotopic (exact) mass is 337 g/mol. The van der Waals surface area contributed by atoms with Crippen LogP contribution >= 0.6 is 15.9 Å². The summed E-state index contributed by atoms with van der Waals surface area (Å²) in [6, 6.07) is 6.61. The van der Waals surface area contributed by atoms with E-state index >= 15 is 0 Å². The second kappa shape index (κ2) is 6.14. The molecule has 1 fully saturated rings. The van der Waals surface area contributed by atoms with E-state index in [1.807, 2.05) is 23.1 Å². The van der Waals surface area contributed by atoms with Crippen molar-refractivity contribution in [2.24, 2.45) is 0 Å². The molecule has 0 saturated carbocycles. The summed E-state index contributed by atoms with van der Waals surface area (Å²) in [4.78, 5) is 14.1. The standard InChI is InChI=1S/C15H20BrN3O/c16-11-4-5-13-14(9-11)19(15(20)10-18-13)8-6-12-3-1-2-7-17-12/h4-5,9,12,17-18H,1-3,6-8,10H2. The van der Waals surface area contributed by atoms with Gasteiger partial charge in [-0.25, -0.2) is 0 Å². The van der Waals surface area contributed by atoms with Crippen molar-refractivity contribution in [2.75, 3.05) is 29.9 Å². The van der Waals surface area contributed by atoms with Gasteiger partial charge in [0, 0.05) is 17.1 Å². The Morgan fingerprint density at radius 3 is 3.05 bits per heavy atom. The molecule has 0 spiro atoms. The van der Waals surface area contributed by atoms with Crippen LogP contribution in [0.15, 0.2) is 22.7 Å². The van der Waals surface area contributed by atoms with Gasteiger partial charge in [-0.05, 0) is 44.0 Å². The Kier molecular flexibility index (Phi) is 4.27. The molecule has 0 aliphatic carbocycles. The van der Waals surface area contributed by atoms with Crippen LogP contribution in [-0.2, 0) is 4.79 Å². The van der Waals surface area contributed by atoms with E-state index in [2.05, 4.69) is 26.6 Å². The number of piperidine rings is 1. The van der Waals surface area contributed by atoms with E-state index in [1.54, 1.807) is 0 Å². The fraction of sp³-hybridized carbons (Fsp3) is 0.533. The normalized spacial score (nSPS) is 22.4. The van der Waals surface area contributed by atoms with Gasteiger partial charge in [0.2, 0.25) is 5.91 Å². The number of hydrogen-bond donors (Lipinski definition) is 2. The van der Waals surface area contributed by atoms with Gasteiger partial charge in [-0.3, -0.25) is 4.79 Å². The molecule has 0 radical (unpaired) electrons. The third-order valence-electron chi connectivity index (χ3n) is 4.10. The maximum atomic E-state index is 12.2. The number of nitrogens with zero attached hydrogens (tertiary/aromatic N) is 1. The number of halogens is 1. The van der Waals surface area contributed by atoms with Gasteiger partial charge in [0.25, 0.3) is 0 Å². The van der Waals surface area contributed by atoms with Crippen molar-refractivity contribution in [2.45, 2.75) is 31.7 Å². The molecule has 1 atom stereocenters. The van der Waals surface area contributed by atoms with Crippen molar-refractivity contribution in [3.63, 3.8) is 0 Å². The van der Waals surface area contributed by atoms with Gasteiger partial charge < -0.3 is 15.5 Å². The highest BCUT2D eigenvalue weighted by Gasteiger charge is 2.25. The summed E-state index contributed by atoms with van der Waals surface area (Å²) in [5.41, 5.74) is 2.04. The Labute approximate surface area is 128 Å². The summed E-state index contributed by atoms with van der Waals surface area (Å²) in [5, 5.41) is 6.73. The van der Waals surface area contributed by atoms with Gasteiger partial charge in [-0.1, -0.05) is 22.4 Å². The molecule has 2 aliphatic heterocycles. The maximum absolute atomic E-state index is 12.2. The number of hydrogen-bond acceptors (Lipinski definition) is 3. The lowest BCUT2D eigenvalue weighted by Crippen LogP contribution is -2.43. The topological polar surface area (TPSA) is 44.4 Å². The van der Waals surface area contributed by atoms with E-state index in [-0.39, 0.29) is 5.91 Å². The second-order valence-corrected chi connectivity index (χ2v) is 6.41. The van der Waals surface area contributed by atoms with Crippen LogP contribution in [-0.4, -0.2) is 31.6 Å². The van der Waals surface area contributed by atoms with Gasteiger partial charge in [-0.15, -0.1) is 0 Å². The third-order valence-corrected chi connectivity index (χ3v) is 4.59. The van der Waals surface area contributed by atoms with E-state index in [9.17, 15) is 4.79 Å². The third kappa shape index (κ3) is 2.99. The van der Waals surface area contributed by atoms with Gasteiger partial charge in [0.05, 0.1) is 17.9 Å². The molecule has 2 aliphatic rings. The summed E-state index contributed by atoms with van der Waals surface area (Å²) >= 11 is 3.49. The minimum absolute atomic E-state index is 0.159. The van der Waals surface area contributed by atoms with E-state index < -0.39 is 0 Å². The van der Waals surface area contributed by atoms with Crippen molar-refractivity contribution in [1.82, 2.24) is 5.32 Å². The molecule has 5 heteroatoms. The van der Waals surface area contributed by atoms with Crippen molar-refractivity contribution in [3.8, 4) is 0 Å². The van der Waals surface area contributed by atoms with Gasteiger partial charge in [0.15, 0.2) is 0 Å². The molecule has 3 rings (SSSR count). The summed E-state index contributed by atoms with van der Waals surface area (Å²) in [7, 11) is 0. The number of amides is 1. The number of anilines is 2. The van der Waals surface area contributed by atoms with E-state index in [4.69, 9.17) is 0 Å². The number of benzene rings is 1. The predicted octanol–water partition coefficient (Wildman–Crippen LogP) is 2.74. The molecule has 0 bridgehead atoms.